The molecule has 0 bridgehead atoms. The summed E-state index contributed by atoms with van der Waals surface area (Å²) in [5.41, 5.74) is 6.28. The average Bonchev–Trinajstić information content (AvgIpc) is 2.89. The van der Waals surface area contributed by atoms with Gasteiger partial charge in [0.25, 0.3) is 5.91 Å². The Morgan fingerprint density at radius 3 is 2.67 bits per heavy atom. The van der Waals surface area contributed by atoms with E-state index in [1.54, 1.807) is 36.2 Å². The van der Waals surface area contributed by atoms with Crippen molar-refractivity contribution in [3.8, 4) is 0 Å². The Hall–Kier alpha value is -1.95. The van der Waals surface area contributed by atoms with Crippen LogP contribution < -0.4 is 11.1 Å². The zero-order chi connectivity index (χ0) is 15.6. The first-order valence-electron chi connectivity index (χ1n) is 6.79. The summed E-state index contributed by atoms with van der Waals surface area (Å²) in [6.07, 6.45) is 0.660. The standard InChI is InChI=1S/C15H19N3O2S/c1-15(14(20)17-2)6-7-18(9-15)13(19)11-5-3-4-10(8-11)12(16)21/h3-5,8H,6-7,9H2,1-2H3,(H2,16,21)(H,17,20). The maximum absolute atomic E-state index is 12.5. The highest BCUT2D eigenvalue weighted by Gasteiger charge is 2.41. The van der Waals surface area contributed by atoms with Crippen LogP contribution in [0.2, 0.25) is 0 Å². The van der Waals surface area contributed by atoms with Gasteiger partial charge in [0.2, 0.25) is 5.91 Å². The molecule has 0 aromatic heterocycles. The van der Waals surface area contributed by atoms with Crippen LogP contribution in [0.3, 0.4) is 0 Å². The molecular weight excluding hydrogens is 286 g/mol. The van der Waals surface area contributed by atoms with Crippen LogP contribution in [0, 0.1) is 5.41 Å². The molecule has 1 unspecified atom stereocenters. The molecule has 0 saturated carbocycles. The van der Waals surface area contributed by atoms with Crippen LogP contribution >= 0.6 is 12.2 Å². The van der Waals surface area contributed by atoms with E-state index in [2.05, 4.69) is 5.32 Å². The minimum absolute atomic E-state index is 0.0327. The van der Waals surface area contributed by atoms with Gasteiger partial charge in [0, 0.05) is 31.3 Å². The van der Waals surface area contributed by atoms with Crippen LogP contribution in [0.25, 0.3) is 0 Å². The van der Waals surface area contributed by atoms with Gasteiger partial charge < -0.3 is 16.0 Å². The van der Waals surface area contributed by atoms with Gasteiger partial charge in [-0.15, -0.1) is 0 Å². The second-order valence-electron chi connectivity index (χ2n) is 5.56. The first-order chi connectivity index (χ1) is 9.87. The smallest absolute Gasteiger partial charge is 0.253 e. The van der Waals surface area contributed by atoms with Crippen molar-refractivity contribution in [3.05, 3.63) is 35.4 Å². The molecule has 1 atom stereocenters. The van der Waals surface area contributed by atoms with Crippen LogP contribution in [0.4, 0.5) is 0 Å². The van der Waals surface area contributed by atoms with E-state index < -0.39 is 5.41 Å². The highest BCUT2D eigenvalue weighted by Crippen LogP contribution is 2.31. The monoisotopic (exact) mass is 305 g/mol. The van der Waals surface area contributed by atoms with Gasteiger partial charge in [0.1, 0.15) is 4.99 Å². The van der Waals surface area contributed by atoms with Gasteiger partial charge in [-0.1, -0.05) is 24.4 Å². The van der Waals surface area contributed by atoms with Crippen molar-refractivity contribution >= 4 is 29.0 Å². The first-order valence-corrected chi connectivity index (χ1v) is 7.19. The number of thiocarbonyl (C=S) groups is 1. The number of carbonyl (C=O) groups is 2. The molecule has 5 nitrogen and oxygen atoms in total. The minimum Gasteiger partial charge on any atom is -0.389 e. The molecular formula is C15H19N3O2S. The molecule has 2 rings (SSSR count). The largest absolute Gasteiger partial charge is 0.389 e. The van der Waals surface area contributed by atoms with E-state index in [1.807, 2.05) is 6.92 Å². The fraction of sp³-hybridized carbons (Fsp3) is 0.400. The Morgan fingerprint density at radius 1 is 1.38 bits per heavy atom. The summed E-state index contributed by atoms with van der Waals surface area (Å²) < 4.78 is 0. The Labute approximate surface area is 129 Å². The number of rotatable bonds is 3. The number of nitrogens with one attached hydrogen (secondary N) is 1. The first kappa shape index (κ1) is 15.4. The molecule has 112 valence electrons. The maximum Gasteiger partial charge on any atom is 0.253 e. The van der Waals surface area contributed by atoms with Crippen molar-refractivity contribution in [2.24, 2.45) is 11.1 Å². The van der Waals surface area contributed by atoms with E-state index in [0.717, 1.165) is 0 Å². The van der Waals surface area contributed by atoms with Gasteiger partial charge in [-0.05, 0) is 25.5 Å². The van der Waals surface area contributed by atoms with Crippen LogP contribution in [0.1, 0.15) is 29.3 Å². The molecule has 0 aliphatic carbocycles. The number of benzene rings is 1. The summed E-state index contributed by atoms with van der Waals surface area (Å²) in [6.45, 7) is 2.87. The third kappa shape index (κ3) is 3.05. The molecule has 1 aliphatic rings. The number of nitrogens with zero attached hydrogens (tertiary/aromatic N) is 1. The van der Waals surface area contributed by atoms with Crippen LogP contribution in [-0.2, 0) is 4.79 Å². The second-order valence-corrected chi connectivity index (χ2v) is 6.00. The molecule has 21 heavy (non-hydrogen) atoms. The summed E-state index contributed by atoms with van der Waals surface area (Å²) in [5.74, 6) is -0.129. The van der Waals surface area contributed by atoms with E-state index in [1.165, 1.54) is 0 Å². The Morgan fingerprint density at radius 2 is 2.05 bits per heavy atom. The molecule has 0 spiro atoms. The van der Waals surface area contributed by atoms with Crippen molar-refractivity contribution in [3.63, 3.8) is 0 Å². The number of amides is 2. The third-order valence-corrected chi connectivity index (χ3v) is 4.17. The maximum atomic E-state index is 12.5. The average molecular weight is 305 g/mol. The Bertz CT molecular complexity index is 602. The molecule has 3 N–H and O–H groups in total. The Balaban J connectivity index is 2.17. The van der Waals surface area contributed by atoms with Crippen LogP contribution in [0.15, 0.2) is 24.3 Å². The van der Waals surface area contributed by atoms with Gasteiger partial charge in [0.15, 0.2) is 0 Å². The van der Waals surface area contributed by atoms with Crippen molar-refractivity contribution in [1.29, 1.82) is 0 Å². The van der Waals surface area contributed by atoms with E-state index in [0.29, 0.717) is 30.6 Å². The number of nitrogens with two attached hydrogens (primary N) is 1. The van der Waals surface area contributed by atoms with Gasteiger partial charge in [-0.3, -0.25) is 9.59 Å². The lowest BCUT2D eigenvalue weighted by Gasteiger charge is -2.22. The van der Waals surface area contributed by atoms with Crippen LogP contribution in [0.5, 0.6) is 0 Å². The van der Waals surface area contributed by atoms with Crippen molar-refractivity contribution in [1.82, 2.24) is 10.2 Å². The SMILES string of the molecule is CNC(=O)C1(C)CCN(C(=O)c2cccc(C(N)=S)c2)C1. The zero-order valence-electron chi connectivity index (χ0n) is 12.2. The quantitative estimate of drug-likeness (QED) is 0.814. The summed E-state index contributed by atoms with van der Waals surface area (Å²) in [7, 11) is 1.61. The second kappa shape index (κ2) is 5.81. The number of hydrogen-bond donors (Lipinski definition) is 2. The molecule has 1 aromatic rings. The summed E-state index contributed by atoms with van der Waals surface area (Å²) in [6, 6.07) is 6.97. The van der Waals surface area contributed by atoms with Gasteiger partial charge in [-0.2, -0.15) is 0 Å². The van der Waals surface area contributed by atoms with E-state index >= 15 is 0 Å². The van der Waals surface area contributed by atoms with E-state index in [-0.39, 0.29) is 16.8 Å². The molecule has 2 amide bonds. The number of hydrogen-bond acceptors (Lipinski definition) is 3. The van der Waals surface area contributed by atoms with E-state index in [9.17, 15) is 9.59 Å². The van der Waals surface area contributed by atoms with Crippen LogP contribution in [-0.4, -0.2) is 41.8 Å². The molecule has 1 fully saturated rings. The third-order valence-electron chi connectivity index (χ3n) is 3.93. The molecule has 1 heterocycles. The lowest BCUT2D eigenvalue weighted by Crippen LogP contribution is -2.40. The van der Waals surface area contributed by atoms with Crippen molar-refractivity contribution in [2.45, 2.75) is 13.3 Å². The van der Waals surface area contributed by atoms with Crippen molar-refractivity contribution < 1.29 is 9.59 Å². The zero-order valence-corrected chi connectivity index (χ0v) is 13.0. The normalized spacial score (nSPS) is 21.1. The number of likely N-dealkylation sites (tertiary alicyclic amines) is 1. The molecule has 0 radical (unpaired) electrons. The highest BCUT2D eigenvalue weighted by atomic mass is 32.1. The van der Waals surface area contributed by atoms with Gasteiger partial charge in [-0.25, -0.2) is 0 Å². The lowest BCUT2D eigenvalue weighted by atomic mass is 9.89. The summed E-state index contributed by atoms with van der Waals surface area (Å²) in [5, 5.41) is 2.66. The van der Waals surface area contributed by atoms with Gasteiger partial charge in [0.05, 0.1) is 5.41 Å². The fourth-order valence-corrected chi connectivity index (χ4v) is 2.74. The molecule has 1 aromatic carbocycles. The minimum atomic E-state index is -0.523. The summed E-state index contributed by atoms with van der Waals surface area (Å²) in [4.78, 5) is 26.4. The summed E-state index contributed by atoms with van der Waals surface area (Å²) >= 11 is 4.93. The molecule has 1 aliphatic heterocycles. The van der Waals surface area contributed by atoms with E-state index in [4.69, 9.17) is 18.0 Å². The Kier molecular flexibility index (Phi) is 4.27. The topological polar surface area (TPSA) is 75.4 Å². The molecule has 1 saturated heterocycles. The number of carbonyl (C=O) groups excluding carboxylic acids is 2. The lowest BCUT2D eigenvalue weighted by molar-refractivity contribution is -0.128. The van der Waals surface area contributed by atoms with Gasteiger partial charge >= 0.3 is 0 Å². The highest BCUT2D eigenvalue weighted by molar-refractivity contribution is 7.80. The predicted molar refractivity (Wildman–Crippen MR) is 85.0 cm³/mol. The van der Waals surface area contributed by atoms with Crippen molar-refractivity contribution in [2.75, 3.05) is 20.1 Å². The molecule has 6 heteroatoms. The predicted octanol–water partition coefficient (Wildman–Crippen LogP) is 0.919. The fourth-order valence-electron chi connectivity index (χ4n) is 2.61.